The van der Waals surface area contributed by atoms with Gasteiger partial charge < -0.3 is 77.8 Å². The number of halogens is 1. The van der Waals surface area contributed by atoms with Crippen LogP contribution in [0.25, 0.3) is 10.9 Å². The molecule has 2 aromatic carbocycles. The molecule has 1 amide bonds. The Balaban J connectivity index is 1.31. The lowest BCUT2D eigenvalue weighted by Gasteiger charge is -2.45. The first-order chi connectivity index (χ1) is 43.7. The number of Topliss-reactive ketones (excluding diaryl/α,β-unsaturated/α-hetero) is 1. The highest BCUT2D eigenvalue weighted by molar-refractivity contribution is 6.31. The first-order valence-corrected chi connectivity index (χ1v) is 32.9. The minimum absolute atomic E-state index is 0.00619. The third-order valence-corrected chi connectivity index (χ3v) is 18.7. The van der Waals surface area contributed by atoms with Gasteiger partial charge in [0.25, 0.3) is 0 Å². The van der Waals surface area contributed by atoms with E-state index < -0.39 is 145 Å². The van der Waals surface area contributed by atoms with E-state index in [1.807, 2.05) is 96.1 Å². The third-order valence-electron chi connectivity index (χ3n) is 18.4. The van der Waals surface area contributed by atoms with Crippen LogP contribution in [-0.2, 0) is 77.9 Å². The number of nitrogens with zero attached hydrogens (tertiary/aromatic N) is 3. The summed E-state index contributed by atoms with van der Waals surface area (Å²) in [5.41, 5.74) is 0.763. The molecule has 23 nitrogen and oxygen atoms in total. The predicted octanol–water partition coefficient (Wildman–Crippen LogP) is 8.89. The maximum Gasteiger partial charge on any atom is 0.408 e. The highest BCUT2D eigenvalue weighted by Gasteiger charge is 2.53. The SMILES string of the molecule is CON=C1C[C@@H](C)O[C@@H](O[C@@H]2[C@@H](C)[C@H](O[C@H]3C[C@H](C)N(CCNc4ccnc5cc(Cl)ccc45)CC(C)O3)[C@@H](C)C(=O)O[C@H]([C@@H](C)CO[C@@H]3O[C@H](C)[C@@H](O)[C@@H](OC)[C@H]3OC)[C@H](C)[C@@H](OC(=O)CC(C)C)[C@@H](C)C(=O)[C@@](C)(OC(=O)NCc3ccccc3)C[C@@H]2C)[C@@H]1O. The zero-order valence-electron chi connectivity index (χ0n) is 56.5. The molecule has 4 aliphatic rings. The van der Waals surface area contributed by atoms with Gasteiger partial charge in [0.1, 0.15) is 43.7 Å². The van der Waals surface area contributed by atoms with Crippen molar-refractivity contribution >= 4 is 57.7 Å². The van der Waals surface area contributed by atoms with Crippen molar-refractivity contribution in [2.45, 2.75) is 220 Å². The minimum atomic E-state index is -1.99. The summed E-state index contributed by atoms with van der Waals surface area (Å²) in [6, 6.07) is 16.7. The summed E-state index contributed by atoms with van der Waals surface area (Å²) >= 11 is 6.31. The van der Waals surface area contributed by atoms with E-state index in [9.17, 15) is 19.8 Å². The number of fused-ring (bicyclic) bond motifs is 1. The lowest BCUT2D eigenvalue weighted by atomic mass is 9.74. The third kappa shape index (κ3) is 19.1. The smallest absolute Gasteiger partial charge is 0.408 e. The lowest BCUT2D eigenvalue weighted by molar-refractivity contribution is -0.305. The molecule has 0 saturated carbocycles. The Kier molecular flexibility index (Phi) is 27.4. The minimum Gasteiger partial charge on any atom is -0.461 e. The van der Waals surface area contributed by atoms with E-state index in [2.05, 4.69) is 32.6 Å². The van der Waals surface area contributed by atoms with Gasteiger partial charge in [0.15, 0.2) is 30.3 Å². The Morgan fingerprint density at radius 1 is 0.837 bits per heavy atom. The van der Waals surface area contributed by atoms with E-state index in [-0.39, 0.29) is 56.2 Å². The van der Waals surface area contributed by atoms with Crippen molar-refractivity contribution in [3.8, 4) is 0 Å². The van der Waals surface area contributed by atoms with Crippen molar-refractivity contribution in [3.05, 3.63) is 71.4 Å². The molecule has 24 heteroatoms. The number of hydrogen-bond donors (Lipinski definition) is 4. The summed E-state index contributed by atoms with van der Waals surface area (Å²) in [5, 5.41) is 35.1. The molecule has 7 rings (SSSR count). The van der Waals surface area contributed by atoms with Gasteiger partial charge in [0, 0.05) is 106 Å². The number of pyridine rings is 1. The first kappa shape index (κ1) is 74.2. The number of anilines is 1. The van der Waals surface area contributed by atoms with Gasteiger partial charge in [-0.1, -0.05) is 95.6 Å². The number of ketones is 1. The zero-order chi connectivity index (χ0) is 67.3. The van der Waals surface area contributed by atoms with E-state index in [0.717, 1.165) is 22.2 Å². The number of aromatic nitrogens is 1. The van der Waals surface area contributed by atoms with Gasteiger partial charge in [-0.2, -0.15) is 0 Å². The number of methoxy groups -OCH3 is 2. The van der Waals surface area contributed by atoms with Gasteiger partial charge in [-0.15, -0.1) is 0 Å². The molecular formula is C68H102ClN5O18. The van der Waals surface area contributed by atoms with Crippen LogP contribution >= 0.6 is 11.6 Å². The maximum absolute atomic E-state index is 16.0. The molecule has 4 aliphatic heterocycles. The van der Waals surface area contributed by atoms with Gasteiger partial charge in [0.05, 0.1) is 60.2 Å². The Labute approximate surface area is 547 Å². The normalized spacial score (nSPS) is 35.5. The fraction of sp³-hybridized carbons (Fsp3) is 0.706. The maximum atomic E-state index is 16.0. The molecule has 5 heterocycles. The van der Waals surface area contributed by atoms with Crippen LogP contribution in [0.1, 0.15) is 121 Å². The van der Waals surface area contributed by atoms with Crippen LogP contribution in [0.4, 0.5) is 10.5 Å². The molecule has 4 fully saturated rings. The van der Waals surface area contributed by atoms with Crippen molar-refractivity contribution in [1.29, 1.82) is 0 Å². The van der Waals surface area contributed by atoms with Crippen LogP contribution in [0.2, 0.25) is 5.02 Å². The monoisotopic (exact) mass is 1310 g/mol. The van der Waals surface area contributed by atoms with E-state index in [1.165, 1.54) is 28.3 Å². The average molecular weight is 1310 g/mol. The molecule has 0 spiro atoms. The van der Waals surface area contributed by atoms with Crippen LogP contribution in [0.5, 0.6) is 0 Å². The Morgan fingerprint density at radius 3 is 2.24 bits per heavy atom. The molecule has 4 N–H and O–H groups in total. The van der Waals surface area contributed by atoms with Crippen molar-refractivity contribution in [2.75, 3.05) is 52.9 Å². The number of cyclic esters (lactones) is 1. The number of aliphatic hydroxyl groups excluding tert-OH is 2. The fourth-order valence-corrected chi connectivity index (χ4v) is 13.7. The number of carbonyl (C=O) groups excluding carboxylic acids is 4. The summed E-state index contributed by atoms with van der Waals surface area (Å²) in [5.74, 6) is -7.67. The van der Waals surface area contributed by atoms with Crippen LogP contribution < -0.4 is 10.6 Å². The molecular weight excluding hydrogens is 1210 g/mol. The van der Waals surface area contributed by atoms with E-state index >= 15 is 9.59 Å². The summed E-state index contributed by atoms with van der Waals surface area (Å²) in [7, 11) is 4.29. The van der Waals surface area contributed by atoms with E-state index in [4.69, 9.17) is 68.5 Å². The quantitative estimate of drug-likeness (QED) is 0.0440. The van der Waals surface area contributed by atoms with Gasteiger partial charge >= 0.3 is 18.0 Å². The highest BCUT2D eigenvalue weighted by atomic mass is 35.5. The summed E-state index contributed by atoms with van der Waals surface area (Å²) in [4.78, 5) is 72.3. The van der Waals surface area contributed by atoms with Crippen LogP contribution in [0, 0.1) is 41.4 Å². The Bertz CT molecular complexity index is 2900. The zero-order valence-corrected chi connectivity index (χ0v) is 57.2. The predicted molar refractivity (Wildman–Crippen MR) is 344 cm³/mol. The van der Waals surface area contributed by atoms with Crippen LogP contribution in [0.3, 0.4) is 0 Å². The number of carbonyl (C=O) groups is 4. The number of hydrogen-bond acceptors (Lipinski definition) is 22. The van der Waals surface area contributed by atoms with Gasteiger partial charge in [-0.25, -0.2) is 4.79 Å². The standard InChI is InChI=1S/C68H102ClN5O18/c1-36(2)28-53(75)88-59-43(9)58(38(4)35-84-66-62(82-15)61(81-14)55(76)46(12)87-66)90-64(79)45(11)60(89-54-29-39(5)74(34-41(7)85-54)27-26-71-50-24-25-70-51-31-48(69)22-23-49(50)51)42(8)57(91-65-56(77)52(73-83-16)30-40(6)86-65)37(3)32-68(13,63(78)44(59)10)92-67(80)72-33-47-20-18-17-19-21-47/h17-25,31,36-46,54-62,65-66,76-77H,26-30,32-35H2,1-16H3,(H,70,71)(H,72,80)/t37-,38-,39-,40+,41?,42+,43-,44+,45+,46+,54-,55+,56+,57-,58+,59+,60-,61+,62+,65-,66+,68-/m0/s1. The van der Waals surface area contributed by atoms with Gasteiger partial charge in [-0.3, -0.25) is 24.3 Å². The number of amides is 1. The summed E-state index contributed by atoms with van der Waals surface area (Å²) < 4.78 is 71.4. The number of nitrogens with one attached hydrogen (secondary N) is 2. The first-order valence-electron chi connectivity index (χ1n) is 32.5. The van der Waals surface area contributed by atoms with Crippen LogP contribution in [0.15, 0.2) is 65.9 Å². The Hall–Kier alpha value is -5.15. The number of benzene rings is 2. The van der Waals surface area contributed by atoms with E-state index in [0.29, 0.717) is 31.1 Å². The largest absolute Gasteiger partial charge is 0.461 e. The second kappa shape index (κ2) is 34.0. The number of oxime groups is 1. The molecule has 0 radical (unpaired) electrons. The molecule has 3 aromatic rings. The molecule has 22 atom stereocenters. The van der Waals surface area contributed by atoms with Crippen molar-refractivity contribution < 1.29 is 86.3 Å². The molecule has 514 valence electrons. The second-order valence-electron chi connectivity index (χ2n) is 26.5. The molecule has 0 bridgehead atoms. The molecule has 0 aliphatic carbocycles. The lowest BCUT2D eigenvalue weighted by Crippen LogP contribution is -2.59. The van der Waals surface area contributed by atoms with Crippen molar-refractivity contribution in [1.82, 2.24) is 15.2 Å². The second-order valence-corrected chi connectivity index (χ2v) is 26.9. The molecule has 1 unspecified atom stereocenters. The van der Waals surface area contributed by atoms with Gasteiger partial charge in [0.2, 0.25) is 0 Å². The molecule has 4 saturated heterocycles. The fourth-order valence-electron chi connectivity index (χ4n) is 13.6. The number of ether oxygens (including phenoxy) is 11. The van der Waals surface area contributed by atoms with Crippen LogP contribution in [-0.4, -0.2) is 195 Å². The number of alkyl carbamates (subject to hydrolysis) is 1. The van der Waals surface area contributed by atoms with E-state index in [1.54, 1.807) is 40.8 Å². The topological polar surface area (TPSA) is 272 Å². The highest BCUT2D eigenvalue weighted by Crippen LogP contribution is 2.41. The number of aliphatic hydroxyl groups is 2. The number of rotatable bonds is 21. The summed E-state index contributed by atoms with van der Waals surface area (Å²) in [6.07, 6.45) is -12.4. The molecule has 1 aromatic heterocycles. The van der Waals surface area contributed by atoms with Crippen molar-refractivity contribution in [3.63, 3.8) is 0 Å². The van der Waals surface area contributed by atoms with Gasteiger partial charge in [-0.05, 0) is 89.6 Å². The van der Waals surface area contributed by atoms with Crippen molar-refractivity contribution in [2.24, 2.45) is 46.6 Å². The Morgan fingerprint density at radius 2 is 1.55 bits per heavy atom. The molecule has 92 heavy (non-hydrogen) atoms. The summed E-state index contributed by atoms with van der Waals surface area (Å²) in [6.45, 7) is 25.1. The number of esters is 2. The average Bonchev–Trinajstić information content (AvgIpc) is 0.830.